The molecule has 0 saturated heterocycles. The van der Waals surface area contributed by atoms with Gasteiger partial charge in [-0.25, -0.2) is 4.98 Å². The van der Waals surface area contributed by atoms with Gasteiger partial charge in [-0.15, -0.1) is 0 Å². The molecule has 1 aromatic heterocycles. The number of methoxy groups -OCH3 is 1. The molecule has 0 bridgehead atoms. The number of ether oxygens (including phenoxy) is 1. The molecule has 0 amide bonds. The Labute approximate surface area is 124 Å². The van der Waals surface area contributed by atoms with E-state index in [0.29, 0.717) is 6.54 Å². The SMILES string of the molecule is CCn1c(CNc2ccc(OC)cc2)nc2ccccc21. The molecule has 0 spiro atoms. The van der Waals surface area contributed by atoms with E-state index in [-0.39, 0.29) is 0 Å². The molecule has 0 fully saturated rings. The minimum absolute atomic E-state index is 0.703. The molecule has 0 unspecified atom stereocenters. The van der Waals surface area contributed by atoms with Gasteiger partial charge in [-0.05, 0) is 43.3 Å². The highest BCUT2D eigenvalue weighted by atomic mass is 16.5. The third kappa shape index (κ3) is 2.70. The highest BCUT2D eigenvalue weighted by molar-refractivity contribution is 5.76. The van der Waals surface area contributed by atoms with Gasteiger partial charge in [-0.3, -0.25) is 0 Å². The molecule has 2 aromatic carbocycles. The second kappa shape index (κ2) is 5.87. The Kier molecular flexibility index (Phi) is 3.77. The molecule has 4 heteroatoms. The molecule has 4 nitrogen and oxygen atoms in total. The summed E-state index contributed by atoms with van der Waals surface area (Å²) in [6.07, 6.45) is 0. The second-order valence-corrected chi connectivity index (χ2v) is 4.84. The fourth-order valence-corrected chi connectivity index (χ4v) is 2.50. The molecule has 0 atom stereocenters. The first-order valence-corrected chi connectivity index (χ1v) is 7.14. The fourth-order valence-electron chi connectivity index (χ4n) is 2.50. The Balaban J connectivity index is 1.80. The van der Waals surface area contributed by atoms with E-state index in [4.69, 9.17) is 9.72 Å². The number of aromatic nitrogens is 2. The van der Waals surface area contributed by atoms with Gasteiger partial charge < -0.3 is 14.6 Å². The van der Waals surface area contributed by atoms with Crippen molar-refractivity contribution in [3.63, 3.8) is 0 Å². The zero-order valence-electron chi connectivity index (χ0n) is 12.3. The maximum Gasteiger partial charge on any atom is 0.129 e. The van der Waals surface area contributed by atoms with Gasteiger partial charge >= 0.3 is 0 Å². The molecule has 0 aliphatic rings. The van der Waals surface area contributed by atoms with Crippen molar-refractivity contribution < 1.29 is 4.74 Å². The van der Waals surface area contributed by atoms with Crippen molar-refractivity contribution in [2.24, 2.45) is 0 Å². The largest absolute Gasteiger partial charge is 0.497 e. The normalized spacial score (nSPS) is 10.8. The van der Waals surface area contributed by atoms with Gasteiger partial charge in [0.05, 0.1) is 24.7 Å². The van der Waals surface area contributed by atoms with Crippen molar-refractivity contribution in [2.75, 3.05) is 12.4 Å². The molecule has 0 radical (unpaired) electrons. The van der Waals surface area contributed by atoms with Gasteiger partial charge in [0, 0.05) is 12.2 Å². The van der Waals surface area contributed by atoms with E-state index >= 15 is 0 Å². The predicted molar refractivity (Wildman–Crippen MR) is 85.7 cm³/mol. The lowest BCUT2D eigenvalue weighted by Crippen LogP contribution is -2.07. The smallest absolute Gasteiger partial charge is 0.129 e. The quantitative estimate of drug-likeness (QED) is 0.775. The van der Waals surface area contributed by atoms with Crippen molar-refractivity contribution in [3.05, 3.63) is 54.4 Å². The van der Waals surface area contributed by atoms with Crippen molar-refractivity contribution in [3.8, 4) is 5.75 Å². The average molecular weight is 281 g/mol. The van der Waals surface area contributed by atoms with Crippen LogP contribution in [-0.2, 0) is 13.1 Å². The van der Waals surface area contributed by atoms with E-state index in [2.05, 4.69) is 35.0 Å². The van der Waals surface area contributed by atoms with Gasteiger partial charge in [-0.2, -0.15) is 0 Å². The molecule has 3 aromatic rings. The number of benzene rings is 2. The van der Waals surface area contributed by atoms with Gasteiger partial charge in [0.1, 0.15) is 11.6 Å². The monoisotopic (exact) mass is 281 g/mol. The van der Waals surface area contributed by atoms with Crippen LogP contribution < -0.4 is 10.1 Å². The summed E-state index contributed by atoms with van der Waals surface area (Å²) >= 11 is 0. The van der Waals surface area contributed by atoms with Crippen molar-refractivity contribution in [1.29, 1.82) is 0 Å². The summed E-state index contributed by atoms with van der Waals surface area (Å²) in [6.45, 7) is 3.76. The number of para-hydroxylation sites is 2. The van der Waals surface area contributed by atoms with E-state index in [1.54, 1.807) is 7.11 Å². The van der Waals surface area contributed by atoms with Crippen LogP contribution in [0, 0.1) is 0 Å². The first kappa shape index (κ1) is 13.5. The van der Waals surface area contributed by atoms with Crippen LogP contribution in [0.5, 0.6) is 5.75 Å². The summed E-state index contributed by atoms with van der Waals surface area (Å²) in [4.78, 5) is 4.71. The van der Waals surface area contributed by atoms with Gasteiger partial charge in [0.15, 0.2) is 0 Å². The van der Waals surface area contributed by atoms with Crippen LogP contribution in [0.25, 0.3) is 11.0 Å². The fraction of sp³-hybridized carbons (Fsp3) is 0.235. The number of anilines is 1. The lowest BCUT2D eigenvalue weighted by atomic mass is 10.3. The van der Waals surface area contributed by atoms with Crippen LogP contribution in [0.2, 0.25) is 0 Å². The highest BCUT2D eigenvalue weighted by Crippen LogP contribution is 2.18. The number of hydrogen-bond acceptors (Lipinski definition) is 3. The van der Waals surface area contributed by atoms with Crippen molar-refractivity contribution in [2.45, 2.75) is 20.0 Å². The maximum absolute atomic E-state index is 5.16. The Morgan fingerprint density at radius 1 is 1.10 bits per heavy atom. The summed E-state index contributed by atoms with van der Waals surface area (Å²) in [5.74, 6) is 1.91. The third-order valence-electron chi connectivity index (χ3n) is 3.59. The molecular weight excluding hydrogens is 262 g/mol. The van der Waals surface area contributed by atoms with Gasteiger partial charge in [0.2, 0.25) is 0 Å². The third-order valence-corrected chi connectivity index (χ3v) is 3.59. The van der Waals surface area contributed by atoms with Crippen LogP contribution in [0.1, 0.15) is 12.7 Å². The zero-order chi connectivity index (χ0) is 14.7. The number of nitrogens with zero attached hydrogens (tertiary/aromatic N) is 2. The maximum atomic E-state index is 5.16. The van der Waals surface area contributed by atoms with Crippen LogP contribution in [0.15, 0.2) is 48.5 Å². The number of fused-ring (bicyclic) bond motifs is 1. The molecule has 0 saturated carbocycles. The standard InChI is InChI=1S/C17H19N3O/c1-3-20-16-7-5-4-6-15(16)19-17(20)12-18-13-8-10-14(21-2)11-9-13/h4-11,18H,3,12H2,1-2H3. The molecule has 0 aliphatic heterocycles. The Morgan fingerprint density at radius 2 is 1.86 bits per heavy atom. The van der Waals surface area contributed by atoms with E-state index in [1.807, 2.05) is 30.3 Å². The predicted octanol–water partition coefficient (Wildman–Crippen LogP) is 3.68. The number of imidazole rings is 1. The number of aryl methyl sites for hydroxylation is 1. The van der Waals surface area contributed by atoms with Gasteiger partial charge in [-0.1, -0.05) is 12.1 Å². The molecule has 108 valence electrons. The Bertz CT molecular complexity index is 731. The van der Waals surface area contributed by atoms with E-state index in [0.717, 1.165) is 29.3 Å². The summed E-state index contributed by atoms with van der Waals surface area (Å²) in [5.41, 5.74) is 3.29. The first-order valence-electron chi connectivity index (χ1n) is 7.14. The van der Waals surface area contributed by atoms with Gasteiger partial charge in [0.25, 0.3) is 0 Å². The number of rotatable bonds is 5. The first-order chi connectivity index (χ1) is 10.3. The molecule has 3 rings (SSSR count). The second-order valence-electron chi connectivity index (χ2n) is 4.84. The van der Waals surface area contributed by atoms with E-state index in [1.165, 1.54) is 5.52 Å². The minimum Gasteiger partial charge on any atom is -0.497 e. The number of nitrogens with one attached hydrogen (secondary N) is 1. The summed E-state index contributed by atoms with van der Waals surface area (Å²) in [7, 11) is 1.67. The lowest BCUT2D eigenvalue weighted by molar-refractivity contribution is 0.415. The average Bonchev–Trinajstić information content (AvgIpc) is 2.91. The van der Waals surface area contributed by atoms with E-state index < -0.39 is 0 Å². The number of hydrogen-bond donors (Lipinski definition) is 1. The summed E-state index contributed by atoms with van der Waals surface area (Å²) < 4.78 is 7.41. The zero-order valence-corrected chi connectivity index (χ0v) is 12.3. The molecule has 21 heavy (non-hydrogen) atoms. The highest BCUT2D eigenvalue weighted by Gasteiger charge is 2.08. The summed E-state index contributed by atoms with van der Waals surface area (Å²) in [6, 6.07) is 16.2. The van der Waals surface area contributed by atoms with Crippen LogP contribution in [0.4, 0.5) is 5.69 Å². The molecule has 1 heterocycles. The molecular formula is C17H19N3O. The van der Waals surface area contributed by atoms with Crippen molar-refractivity contribution >= 4 is 16.7 Å². The van der Waals surface area contributed by atoms with Crippen LogP contribution >= 0.6 is 0 Å². The summed E-state index contributed by atoms with van der Waals surface area (Å²) in [5, 5.41) is 3.41. The topological polar surface area (TPSA) is 39.1 Å². The minimum atomic E-state index is 0.703. The van der Waals surface area contributed by atoms with Crippen LogP contribution in [0.3, 0.4) is 0 Å². The molecule has 0 aliphatic carbocycles. The van der Waals surface area contributed by atoms with Crippen molar-refractivity contribution in [1.82, 2.24) is 9.55 Å². The Hall–Kier alpha value is -2.49. The van der Waals surface area contributed by atoms with E-state index in [9.17, 15) is 0 Å². The van der Waals surface area contributed by atoms with Crippen LogP contribution in [-0.4, -0.2) is 16.7 Å². The lowest BCUT2D eigenvalue weighted by Gasteiger charge is -2.09. The Morgan fingerprint density at radius 3 is 2.57 bits per heavy atom. The molecule has 1 N–H and O–H groups in total.